The maximum Gasteiger partial charge on any atom is 0.315 e. The first kappa shape index (κ1) is 41.0. The van der Waals surface area contributed by atoms with Gasteiger partial charge < -0.3 is 26.2 Å². The normalized spacial score (nSPS) is 22.2. The Morgan fingerprint density at radius 3 is 2.17 bits per heavy atom. The quantitative estimate of drug-likeness (QED) is 0.140. The Bertz CT molecular complexity index is 1630. The number of Topliss-reactive ketones (excluding diaryl/α,β-unsaturated/α-hetero) is 1. The van der Waals surface area contributed by atoms with Crippen molar-refractivity contribution in [1.29, 1.82) is 0 Å². The van der Waals surface area contributed by atoms with Gasteiger partial charge in [-0.2, -0.15) is 0 Å². The van der Waals surface area contributed by atoms with Crippen molar-refractivity contribution < 1.29 is 32.4 Å². The zero-order valence-electron chi connectivity index (χ0n) is 32.0. The zero-order chi connectivity index (χ0) is 38.7. The molecule has 14 heteroatoms. The van der Waals surface area contributed by atoms with E-state index in [0.717, 1.165) is 28.1 Å². The third-order valence-corrected chi connectivity index (χ3v) is 12.4. The van der Waals surface area contributed by atoms with Crippen molar-refractivity contribution in [2.75, 3.05) is 32.9 Å². The number of hydrogen-bond acceptors (Lipinski definition) is 7. The van der Waals surface area contributed by atoms with Crippen LogP contribution < -0.4 is 21.3 Å². The van der Waals surface area contributed by atoms with Gasteiger partial charge in [-0.1, -0.05) is 83.9 Å². The number of unbranched alkanes of at least 4 members (excludes halogenated alkanes) is 1. The van der Waals surface area contributed by atoms with Crippen LogP contribution in [0.3, 0.4) is 0 Å². The number of nitrogens with one attached hydrogen (secondary N) is 4. The molecule has 1 aromatic carbocycles. The van der Waals surface area contributed by atoms with Crippen molar-refractivity contribution in [1.82, 2.24) is 30.5 Å². The number of carbonyl (C=O) groups excluding carboxylic acids is 5. The van der Waals surface area contributed by atoms with E-state index in [1.165, 1.54) is 7.05 Å². The molecule has 1 saturated heterocycles. The van der Waals surface area contributed by atoms with Crippen molar-refractivity contribution in [3.63, 3.8) is 0 Å². The first-order valence-corrected chi connectivity index (χ1v) is 20.3. The number of rotatable bonds is 17. The number of fused-ring (bicyclic) bond motifs is 2. The molecule has 3 aliphatic rings. The van der Waals surface area contributed by atoms with E-state index in [1.54, 1.807) is 11.8 Å². The van der Waals surface area contributed by atoms with Crippen LogP contribution in [0.1, 0.15) is 71.9 Å². The molecule has 4 rings (SSSR count). The lowest BCUT2D eigenvalue weighted by atomic mass is 9.93. The number of likely N-dealkylation sites (N-methyl/N-ethyl adjacent to an activating group) is 1. The fourth-order valence-corrected chi connectivity index (χ4v) is 8.16. The summed E-state index contributed by atoms with van der Waals surface area (Å²) in [5.74, 6) is -2.63. The van der Waals surface area contributed by atoms with Crippen molar-refractivity contribution in [3.8, 4) is 0 Å². The van der Waals surface area contributed by atoms with Crippen LogP contribution in [0.4, 0.5) is 4.79 Å². The topological polar surface area (TPSA) is 174 Å². The van der Waals surface area contributed by atoms with Crippen molar-refractivity contribution >= 4 is 39.6 Å². The van der Waals surface area contributed by atoms with E-state index >= 15 is 0 Å². The Morgan fingerprint density at radius 1 is 1.02 bits per heavy atom. The monoisotopic (exact) mass is 742 g/mol. The van der Waals surface area contributed by atoms with Crippen LogP contribution in [0.15, 0.2) is 36.4 Å². The molecule has 1 heterocycles. The Hall–Kier alpha value is -3.78. The number of ketones is 1. The molecule has 2 aliphatic carbocycles. The number of piperidine rings is 1. The van der Waals surface area contributed by atoms with Crippen LogP contribution in [-0.4, -0.2) is 104 Å². The van der Waals surface area contributed by atoms with E-state index < -0.39 is 63.7 Å². The SMILES string of the molecule is C=C(C)[C@@H](CN(C)S(C)(=O)=O)NC(=O)N[C@H](C(=O)N1C[C@H]2[C@@H]([C@H]1C(=O)NC(CCCC)C(=O)C(=O)NCC(C)C)C2(C)C)C1Cc2ccccc2C1. The maximum atomic E-state index is 14.8. The first-order valence-electron chi connectivity index (χ1n) is 18.4. The number of hydrogen-bond donors (Lipinski definition) is 4. The van der Waals surface area contributed by atoms with Crippen LogP contribution in [0.25, 0.3) is 0 Å². The molecule has 5 amide bonds. The number of nitrogens with zero attached hydrogens (tertiary/aromatic N) is 2. The van der Waals surface area contributed by atoms with Crippen LogP contribution in [0.5, 0.6) is 0 Å². The van der Waals surface area contributed by atoms with Gasteiger partial charge in [0.05, 0.1) is 18.3 Å². The summed E-state index contributed by atoms with van der Waals surface area (Å²) in [5.41, 5.74) is 2.47. The van der Waals surface area contributed by atoms with Crippen LogP contribution in [0, 0.1) is 29.1 Å². The smallest absolute Gasteiger partial charge is 0.315 e. The lowest BCUT2D eigenvalue weighted by Gasteiger charge is -2.35. The maximum absolute atomic E-state index is 14.8. The summed E-state index contributed by atoms with van der Waals surface area (Å²) in [6, 6.07) is 3.54. The second-order valence-corrected chi connectivity index (χ2v) is 18.1. The highest BCUT2D eigenvalue weighted by Gasteiger charge is 2.69. The molecule has 6 atom stereocenters. The summed E-state index contributed by atoms with van der Waals surface area (Å²) < 4.78 is 25.4. The van der Waals surface area contributed by atoms with E-state index in [4.69, 9.17) is 0 Å². The Balaban J connectivity index is 1.60. The second-order valence-electron chi connectivity index (χ2n) is 16.0. The van der Waals surface area contributed by atoms with Gasteiger partial charge in [0.2, 0.25) is 27.6 Å². The molecule has 1 aromatic rings. The van der Waals surface area contributed by atoms with Gasteiger partial charge in [-0.3, -0.25) is 19.2 Å². The van der Waals surface area contributed by atoms with E-state index in [2.05, 4.69) is 41.7 Å². The van der Waals surface area contributed by atoms with Gasteiger partial charge in [0.1, 0.15) is 12.1 Å². The fourth-order valence-electron chi connectivity index (χ4n) is 7.74. The van der Waals surface area contributed by atoms with Crippen molar-refractivity contribution in [3.05, 3.63) is 47.5 Å². The highest BCUT2D eigenvalue weighted by atomic mass is 32.2. The average molecular weight is 743 g/mol. The number of urea groups is 1. The predicted molar refractivity (Wildman–Crippen MR) is 199 cm³/mol. The number of amides is 5. The van der Waals surface area contributed by atoms with Crippen LogP contribution in [0.2, 0.25) is 0 Å². The fraction of sp³-hybridized carbons (Fsp3) is 0.658. The average Bonchev–Trinajstić information content (AvgIpc) is 3.42. The molecule has 288 valence electrons. The van der Waals surface area contributed by atoms with E-state index in [-0.39, 0.29) is 42.1 Å². The zero-order valence-corrected chi connectivity index (χ0v) is 32.8. The highest BCUT2D eigenvalue weighted by Crippen LogP contribution is 2.65. The molecular weight excluding hydrogens is 685 g/mol. The molecular formula is C38H58N6O7S. The second kappa shape index (κ2) is 16.5. The third-order valence-electron chi connectivity index (χ3n) is 11.1. The molecule has 2 fully saturated rings. The predicted octanol–water partition coefficient (Wildman–Crippen LogP) is 2.40. The van der Waals surface area contributed by atoms with Crippen molar-refractivity contribution in [2.24, 2.45) is 29.1 Å². The minimum absolute atomic E-state index is 0.0425. The minimum atomic E-state index is -3.54. The molecule has 0 bridgehead atoms. The largest absolute Gasteiger partial charge is 0.349 e. The van der Waals surface area contributed by atoms with Crippen LogP contribution >= 0.6 is 0 Å². The van der Waals surface area contributed by atoms with Gasteiger partial charge in [-0.25, -0.2) is 17.5 Å². The Morgan fingerprint density at radius 2 is 1.63 bits per heavy atom. The molecule has 0 spiro atoms. The summed E-state index contributed by atoms with van der Waals surface area (Å²) in [7, 11) is -2.12. The van der Waals surface area contributed by atoms with Gasteiger partial charge >= 0.3 is 6.03 Å². The Kier molecular flexibility index (Phi) is 13.0. The van der Waals surface area contributed by atoms with Crippen molar-refractivity contribution in [2.45, 2.75) is 97.8 Å². The molecule has 1 unspecified atom stereocenters. The number of carbonyl (C=O) groups is 5. The van der Waals surface area contributed by atoms with Gasteiger partial charge in [-0.15, -0.1) is 0 Å². The summed E-state index contributed by atoms with van der Waals surface area (Å²) in [5, 5.41) is 11.3. The molecule has 52 heavy (non-hydrogen) atoms. The molecule has 1 aliphatic heterocycles. The summed E-state index contributed by atoms with van der Waals surface area (Å²) >= 11 is 0. The van der Waals surface area contributed by atoms with E-state index in [0.29, 0.717) is 37.9 Å². The molecule has 4 N–H and O–H groups in total. The molecule has 1 saturated carbocycles. The molecule has 0 aromatic heterocycles. The number of likely N-dealkylation sites (tertiary alicyclic amines) is 1. The highest BCUT2D eigenvalue weighted by molar-refractivity contribution is 7.88. The van der Waals surface area contributed by atoms with E-state index in [1.807, 2.05) is 45.0 Å². The van der Waals surface area contributed by atoms with Gasteiger partial charge in [0.15, 0.2) is 0 Å². The van der Waals surface area contributed by atoms with Gasteiger partial charge in [-0.05, 0) is 66.4 Å². The number of benzene rings is 1. The summed E-state index contributed by atoms with van der Waals surface area (Å²) in [4.78, 5) is 70.3. The lowest BCUT2D eigenvalue weighted by Crippen LogP contribution is -2.61. The first-order chi connectivity index (χ1) is 24.3. The number of sulfonamides is 1. The summed E-state index contributed by atoms with van der Waals surface area (Å²) in [6.45, 7) is 16.1. The Labute approximate surface area is 309 Å². The minimum Gasteiger partial charge on any atom is -0.349 e. The van der Waals surface area contributed by atoms with Gasteiger partial charge in [0.25, 0.3) is 5.91 Å². The summed E-state index contributed by atoms with van der Waals surface area (Å²) in [6.07, 6.45) is 3.82. The lowest BCUT2D eigenvalue weighted by molar-refractivity contribution is -0.144. The molecule has 0 radical (unpaired) electrons. The third kappa shape index (κ3) is 9.41. The van der Waals surface area contributed by atoms with Gasteiger partial charge in [0, 0.05) is 26.7 Å². The molecule has 13 nitrogen and oxygen atoms in total. The van der Waals surface area contributed by atoms with Crippen LogP contribution in [-0.2, 0) is 42.0 Å². The van der Waals surface area contributed by atoms with E-state index in [9.17, 15) is 32.4 Å². The standard InChI is InChI=1S/C38H58N6O7S/c1-10-11-16-28(33(45)35(47)39-19-22(2)3)40-34(46)32-30-27(38(30,6)7)20-44(32)36(48)31(26-17-24-14-12-13-15-25(24)18-26)42-37(49)41-29(23(4)5)21-43(8)52(9,50)51/h12-15,22,26-32H,4,10-11,16-21H2,1-3,5-9H3,(H,39,47)(H,40,46)(H2,41,42,49)/t27-,28?,29+,30-,31-,32-/m0/s1.